The van der Waals surface area contributed by atoms with Gasteiger partial charge in [0.15, 0.2) is 0 Å². The van der Waals surface area contributed by atoms with Crippen molar-refractivity contribution < 1.29 is 15.0 Å². The van der Waals surface area contributed by atoms with Crippen molar-refractivity contribution in [1.29, 1.82) is 0 Å². The van der Waals surface area contributed by atoms with Gasteiger partial charge in [-0.05, 0) is 38.3 Å². The van der Waals surface area contributed by atoms with Gasteiger partial charge in [-0.1, -0.05) is 0 Å². The monoisotopic (exact) mass is 311 g/mol. The van der Waals surface area contributed by atoms with Gasteiger partial charge in [0.05, 0.1) is 23.1 Å². The SMILES string of the molecule is Cc1cc2c(c(C(=O)O)c(C)n2C2CC2)c(-n2ccnc2)c1O. The third-order valence-corrected chi connectivity index (χ3v) is 4.57. The van der Waals surface area contributed by atoms with E-state index in [9.17, 15) is 15.0 Å². The Morgan fingerprint density at radius 1 is 1.35 bits per heavy atom. The summed E-state index contributed by atoms with van der Waals surface area (Å²) in [5, 5.41) is 20.9. The predicted octanol–water partition coefficient (Wildman–Crippen LogP) is 3.18. The highest BCUT2D eigenvalue weighted by Crippen LogP contribution is 2.45. The van der Waals surface area contributed by atoms with Crippen molar-refractivity contribution in [2.24, 2.45) is 0 Å². The lowest BCUT2D eigenvalue weighted by Crippen LogP contribution is -2.02. The van der Waals surface area contributed by atoms with Crippen molar-refractivity contribution in [2.75, 3.05) is 0 Å². The maximum atomic E-state index is 11.9. The molecule has 6 heteroatoms. The molecule has 23 heavy (non-hydrogen) atoms. The summed E-state index contributed by atoms with van der Waals surface area (Å²) >= 11 is 0. The van der Waals surface area contributed by atoms with Crippen molar-refractivity contribution in [3.05, 3.63) is 41.6 Å². The second kappa shape index (κ2) is 4.62. The van der Waals surface area contributed by atoms with Crippen LogP contribution in [0.1, 0.15) is 40.5 Å². The molecule has 1 aliphatic carbocycles. The number of benzene rings is 1. The van der Waals surface area contributed by atoms with Crippen LogP contribution in [0.25, 0.3) is 16.6 Å². The molecule has 2 heterocycles. The van der Waals surface area contributed by atoms with Gasteiger partial charge in [-0.25, -0.2) is 9.78 Å². The second-order valence-electron chi connectivity index (χ2n) is 6.12. The summed E-state index contributed by atoms with van der Waals surface area (Å²) in [7, 11) is 0. The number of carboxylic acid groups (broad SMARTS) is 1. The van der Waals surface area contributed by atoms with Crippen LogP contribution in [0.2, 0.25) is 0 Å². The molecule has 118 valence electrons. The average Bonchev–Trinajstić information content (AvgIpc) is 3.08. The standard InChI is InChI=1S/C17H17N3O3/c1-9-7-12-14(15(16(9)21)19-6-5-18-8-19)13(17(22)23)10(2)20(12)11-3-4-11/h5-8,11,21H,3-4H2,1-2H3,(H,22,23). The van der Waals surface area contributed by atoms with Crippen LogP contribution in [0.15, 0.2) is 24.8 Å². The van der Waals surface area contributed by atoms with Crippen LogP contribution >= 0.6 is 0 Å². The molecule has 1 saturated carbocycles. The summed E-state index contributed by atoms with van der Waals surface area (Å²) in [5.41, 5.74) is 3.06. The minimum Gasteiger partial charge on any atom is -0.505 e. The fourth-order valence-corrected chi connectivity index (χ4v) is 3.40. The van der Waals surface area contributed by atoms with E-state index in [0.717, 1.165) is 29.6 Å². The van der Waals surface area contributed by atoms with E-state index in [2.05, 4.69) is 9.55 Å². The fraction of sp³-hybridized carbons (Fsp3) is 0.294. The lowest BCUT2D eigenvalue weighted by Gasteiger charge is -2.12. The number of carbonyl (C=O) groups is 1. The van der Waals surface area contributed by atoms with Gasteiger partial charge in [0, 0.05) is 29.5 Å². The third kappa shape index (κ3) is 1.87. The largest absolute Gasteiger partial charge is 0.505 e. The lowest BCUT2D eigenvalue weighted by atomic mass is 10.0. The molecule has 2 aromatic heterocycles. The van der Waals surface area contributed by atoms with E-state index in [4.69, 9.17) is 0 Å². The van der Waals surface area contributed by atoms with Gasteiger partial charge in [0.2, 0.25) is 0 Å². The number of fused-ring (bicyclic) bond motifs is 1. The van der Waals surface area contributed by atoms with Gasteiger partial charge in [-0.2, -0.15) is 0 Å². The van der Waals surface area contributed by atoms with Gasteiger partial charge in [-0.3, -0.25) is 0 Å². The molecule has 2 N–H and O–H groups in total. The topological polar surface area (TPSA) is 80.3 Å². The molecule has 0 unspecified atom stereocenters. The van der Waals surface area contributed by atoms with Gasteiger partial charge >= 0.3 is 5.97 Å². The molecule has 4 rings (SSSR count). The first-order chi connectivity index (χ1) is 11.0. The number of nitrogens with zero attached hydrogens (tertiary/aromatic N) is 3. The second-order valence-corrected chi connectivity index (χ2v) is 6.12. The molecule has 0 radical (unpaired) electrons. The zero-order chi connectivity index (χ0) is 16.3. The van der Waals surface area contributed by atoms with Crippen LogP contribution in [0.5, 0.6) is 5.75 Å². The van der Waals surface area contributed by atoms with E-state index in [-0.39, 0.29) is 11.3 Å². The number of aromatic hydroxyl groups is 1. The average molecular weight is 311 g/mol. The molecule has 0 bridgehead atoms. The Bertz CT molecular complexity index is 934. The maximum absolute atomic E-state index is 11.9. The zero-order valence-electron chi connectivity index (χ0n) is 12.9. The molecule has 1 aromatic carbocycles. The zero-order valence-corrected chi connectivity index (χ0v) is 12.9. The van der Waals surface area contributed by atoms with Crippen LogP contribution in [-0.2, 0) is 0 Å². The Kier molecular flexibility index (Phi) is 2.78. The minimum absolute atomic E-state index is 0.0888. The van der Waals surface area contributed by atoms with Crippen LogP contribution in [0, 0.1) is 13.8 Å². The minimum atomic E-state index is -0.975. The lowest BCUT2D eigenvalue weighted by molar-refractivity contribution is 0.0698. The highest BCUT2D eigenvalue weighted by molar-refractivity contribution is 6.10. The molecule has 0 spiro atoms. The normalized spacial score (nSPS) is 14.5. The van der Waals surface area contributed by atoms with Gasteiger partial charge < -0.3 is 19.3 Å². The van der Waals surface area contributed by atoms with Gasteiger partial charge in [-0.15, -0.1) is 0 Å². The van der Waals surface area contributed by atoms with E-state index in [1.54, 1.807) is 23.3 Å². The van der Waals surface area contributed by atoms with E-state index in [1.807, 2.05) is 19.9 Å². The number of rotatable bonds is 3. The Morgan fingerprint density at radius 3 is 2.65 bits per heavy atom. The highest BCUT2D eigenvalue weighted by atomic mass is 16.4. The molecule has 1 aliphatic rings. The van der Waals surface area contributed by atoms with Crippen molar-refractivity contribution in [3.8, 4) is 11.4 Å². The molecule has 0 saturated heterocycles. The van der Waals surface area contributed by atoms with Crippen LogP contribution in [0.4, 0.5) is 0 Å². The van der Waals surface area contributed by atoms with Gasteiger partial charge in [0.1, 0.15) is 5.75 Å². The number of carboxylic acids is 1. The Labute approximate surface area is 132 Å². The fourth-order valence-electron chi connectivity index (χ4n) is 3.40. The first kappa shape index (κ1) is 13.9. The first-order valence-corrected chi connectivity index (χ1v) is 7.59. The number of hydrogen-bond acceptors (Lipinski definition) is 3. The number of phenols is 1. The Hall–Kier alpha value is -2.76. The third-order valence-electron chi connectivity index (χ3n) is 4.57. The summed E-state index contributed by atoms with van der Waals surface area (Å²) in [6.07, 6.45) is 7.01. The van der Waals surface area contributed by atoms with E-state index < -0.39 is 5.97 Å². The summed E-state index contributed by atoms with van der Waals surface area (Å²) in [5.74, 6) is -0.887. The number of imidazole rings is 1. The van der Waals surface area contributed by atoms with Crippen molar-refractivity contribution in [2.45, 2.75) is 32.7 Å². The van der Waals surface area contributed by atoms with Crippen LogP contribution < -0.4 is 0 Å². The van der Waals surface area contributed by atoms with Crippen molar-refractivity contribution in [3.63, 3.8) is 0 Å². The summed E-state index contributed by atoms with van der Waals surface area (Å²) < 4.78 is 3.78. The number of aryl methyl sites for hydroxylation is 1. The number of hydrogen-bond donors (Lipinski definition) is 2. The predicted molar refractivity (Wildman–Crippen MR) is 85.4 cm³/mol. The quantitative estimate of drug-likeness (QED) is 0.778. The summed E-state index contributed by atoms with van der Waals surface area (Å²) in [4.78, 5) is 15.9. The number of phenolic OH excluding ortho intramolecular Hbond substituents is 1. The molecule has 3 aromatic rings. The molecule has 6 nitrogen and oxygen atoms in total. The molecule has 0 aliphatic heterocycles. The van der Waals surface area contributed by atoms with E-state index in [0.29, 0.717) is 17.1 Å². The van der Waals surface area contributed by atoms with Crippen LogP contribution in [-0.4, -0.2) is 30.3 Å². The number of aromatic nitrogens is 3. The molecule has 0 atom stereocenters. The maximum Gasteiger partial charge on any atom is 0.338 e. The molecular weight excluding hydrogens is 294 g/mol. The van der Waals surface area contributed by atoms with E-state index >= 15 is 0 Å². The highest BCUT2D eigenvalue weighted by Gasteiger charge is 2.32. The van der Waals surface area contributed by atoms with Gasteiger partial charge in [0.25, 0.3) is 0 Å². The number of aromatic carboxylic acids is 1. The van der Waals surface area contributed by atoms with Crippen molar-refractivity contribution >= 4 is 16.9 Å². The van der Waals surface area contributed by atoms with Crippen molar-refractivity contribution in [1.82, 2.24) is 14.1 Å². The van der Waals surface area contributed by atoms with E-state index in [1.165, 1.54) is 0 Å². The molecule has 1 fully saturated rings. The smallest absolute Gasteiger partial charge is 0.338 e. The van der Waals surface area contributed by atoms with Crippen LogP contribution in [0.3, 0.4) is 0 Å². The Morgan fingerprint density at radius 2 is 2.09 bits per heavy atom. The Balaban J connectivity index is 2.22. The summed E-state index contributed by atoms with van der Waals surface area (Å²) in [6.45, 7) is 3.67. The summed E-state index contributed by atoms with van der Waals surface area (Å²) in [6, 6.07) is 2.23. The molecule has 0 amide bonds. The first-order valence-electron chi connectivity index (χ1n) is 7.59. The molecular formula is C17H17N3O3.